The number of nitrogens with zero attached hydrogens (tertiary/aromatic N) is 1. The zero-order valence-corrected chi connectivity index (χ0v) is 18.7. The Balaban J connectivity index is 1.24. The van der Waals surface area contributed by atoms with Gasteiger partial charge in [0.1, 0.15) is 6.04 Å². The van der Waals surface area contributed by atoms with Crippen LogP contribution >= 0.6 is 15.9 Å². The summed E-state index contributed by atoms with van der Waals surface area (Å²) in [5.74, 6) is 1.59. The Labute approximate surface area is 185 Å². The van der Waals surface area contributed by atoms with E-state index in [1.54, 1.807) is 29.2 Å². The molecule has 1 heterocycles. The number of amides is 1. The molecule has 0 N–H and O–H groups in total. The Hall–Kier alpha value is -1.69. The van der Waals surface area contributed by atoms with Crippen LogP contribution in [0.25, 0.3) is 0 Å². The first-order valence-corrected chi connectivity index (χ1v) is 12.0. The number of hydrogen-bond acceptors (Lipinski definition) is 4. The Morgan fingerprint density at radius 1 is 1.00 bits per heavy atom. The van der Waals surface area contributed by atoms with Crippen molar-refractivity contribution < 1.29 is 19.1 Å². The third kappa shape index (κ3) is 3.61. The molecule has 6 heteroatoms. The Morgan fingerprint density at radius 3 is 2.20 bits per heavy atom. The van der Waals surface area contributed by atoms with E-state index in [4.69, 9.17) is 4.74 Å². The lowest BCUT2D eigenvalue weighted by molar-refractivity contribution is -0.165. The number of hydrogen-bond donors (Lipinski definition) is 0. The van der Waals surface area contributed by atoms with E-state index in [0.29, 0.717) is 36.3 Å². The molecule has 1 unspecified atom stereocenters. The normalized spacial score (nSPS) is 34.2. The molecule has 5 fully saturated rings. The van der Waals surface area contributed by atoms with Gasteiger partial charge in [0.25, 0.3) is 0 Å². The van der Waals surface area contributed by atoms with Crippen molar-refractivity contribution in [2.24, 2.45) is 23.2 Å². The Morgan fingerprint density at radius 2 is 1.60 bits per heavy atom. The van der Waals surface area contributed by atoms with E-state index >= 15 is 0 Å². The number of carbonyl (C=O) groups excluding carboxylic acids is 3. The molecule has 6 rings (SSSR count). The van der Waals surface area contributed by atoms with Gasteiger partial charge >= 0.3 is 5.97 Å². The van der Waals surface area contributed by atoms with Crippen LogP contribution in [0.3, 0.4) is 0 Å². The second kappa shape index (κ2) is 7.77. The second-order valence-electron chi connectivity index (χ2n) is 9.89. The maximum Gasteiger partial charge on any atom is 0.329 e. The summed E-state index contributed by atoms with van der Waals surface area (Å²) >= 11 is 3.34. The molecule has 1 aromatic carbocycles. The van der Waals surface area contributed by atoms with Crippen LogP contribution in [0.5, 0.6) is 0 Å². The lowest BCUT2D eigenvalue weighted by Gasteiger charge is -2.56. The smallest absolute Gasteiger partial charge is 0.329 e. The van der Waals surface area contributed by atoms with Gasteiger partial charge in [-0.3, -0.25) is 9.59 Å². The first-order chi connectivity index (χ1) is 14.4. The van der Waals surface area contributed by atoms with Crippen LogP contribution in [0, 0.1) is 23.2 Å². The van der Waals surface area contributed by atoms with E-state index in [1.165, 1.54) is 19.3 Å². The van der Waals surface area contributed by atoms with E-state index in [9.17, 15) is 14.4 Å². The summed E-state index contributed by atoms with van der Waals surface area (Å²) in [4.78, 5) is 40.6. The van der Waals surface area contributed by atoms with Crippen molar-refractivity contribution in [1.29, 1.82) is 0 Å². The highest BCUT2D eigenvalue weighted by molar-refractivity contribution is 9.10. The van der Waals surface area contributed by atoms with Crippen LogP contribution < -0.4 is 0 Å². The molecule has 0 radical (unpaired) electrons. The molecule has 0 spiro atoms. The van der Waals surface area contributed by atoms with E-state index in [1.807, 2.05) is 0 Å². The monoisotopic (exact) mass is 473 g/mol. The summed E-state index contributed by atoms with van der Waals surface area (Å²) in [7, 11) is 0. The van der Waals surface area contributed by atoms with E-state index in [0.717, 1.165) is 30.2 Å². The summed E-state index contributed by atoms with van der Waals surface area (Å²) in [5, 5.41) is 0. The highest BCUT2D eigenvalue weighted by atomic mass is 79.9. The molecule has 0 aromatic heterocycles. The lowest BCUT2D eigenvalue weighted by Crippen LogP contribution is -2.56. The molecule has 1 aromatic rings. The zero-order chi connectivity index (χ0) is 20.9. The lowest BCUT2D eigenvalue weighted by atomic mass is 9.49. The van der Waals surface area contributed by atoms with Crippen molar-refractivity contribution >= 4 is 33.6 Å². The summed E-state index contributed by atoms with van der Waals surface area (Å²) in [5.41, 5.74) is 0.268. The van der Waals surface area contributed by atoms with Crippen LogP contribution in [-0.2, 0) is 14.3 Å². The highest BCUT2D eigenvalue weighted by Crippen LogP contribution is 2.60. The first-order valence-electron chi connectivity index (χ1n) is 11.2. The summed E-state index contributed by atoms with van der Waals surface area (Å²) in [6, 6.07) is 6.45. The van der Waals surface area contributed by atoms with Gasteiger partial charge in [0.15, 0.2) is 12.4 Å². The fourth-order valence-electron chi connectivity index (χ4n) is 6.88. The number of benzene rings is 1. The number of ether oxygens (including phenoxy) is 1. The minimum Gasteiger partial charge on any atom is -0.456 e. The van der Waals surface area contributed by atoms with Gasteiger partial charge < -0.3 is 9.64 Å². The number of halogens is 1. The van der Waals surface area contributed by atoms with Crippen molar-refractivity contribution in [1.82, 2.24) is 4.90 Å². The average Bonchev–Trinajstić information content (AvgIpc) is 3.20. The number of likely N-dealkylation sites (tertiary alicyclic amines) is 1. The van der Waals surface area contributed by atoms with Crippen LogP contribution in [-0.4, -0.2) is 41.8 Å². The van der Waals surface area contributed by atoms with Crippen molar-refractivity contribution in [2.45, 2.75) is 57.4 Å². The molecular formula is C24H28BrNO4. The van der Waals surface area contributed by atoms with Crippen LogP contribution in [0.15, 0.2) is 28.7 Å². The van der Waals surface area contributed by atoms with Crippen molar-refractivity contribution in [3.8, 4) is 0 Å². The van der Waals surface area contributed by atoms with Crippen molar-refractivity contribution in [3.05, 3.63) is 34.3 Å². The van der Waals surface area contributed by atoms with Gasteiger partial charge in [-0.25, -0.2) is 4.79 Å². The van der Waals surface area contributed by atoms with E-state index < -0.39 is 12.0 Å². The maximum atomic E-state index is 13.7. The third-order valence-electron chi connectivity index (χ3n) is 7.79. The first kappa shape index (κ1) is 20.2. The molecule has 4 aliphatic carbocycles. The third-order valence-corrected chi connectivity index (χ3v) is 8.32. The molecule has 4 saturated carbocycles. The molecule has 1 amide bonds. The minimum absolute atomic E-state index is 0.181. The quantitative estimate of drug-likeness (QED) is 0.470. The maximum absolute atomic E-state index is 13.7. The molecular weight excluding hydrogens is 446 g/mol. The molecule has 4 bridgehead atoms. The van der Waals surface area contributed by atoms with E-state index in [2.05, 4.69) is 15.9 Å². The van der Waals surface area contributed by atoms with Gasteiger partial charge in [-0.15, -0.1) is 0 Å². The fraction of sp³-hybridized carbons (Fsp3) is 0.625. The molecule has 1 aliphatic heterocycles. The zero-order valence-electron chi connectivity index (χ0n) is 17.1. The van der Waals surface area contributed by atoms with Crippen molar-refractivity contribution in [3.63, 3.8) is 0 Å². The minimum atomic E-state index is -0.539. The van der Waals surface area contributed by atoms with Crippen LogP contribution in [0.2, 0.25) is 0 Å². The predicted octanol–water partition coefficient (Wildman–Crippen LogP) is 4.38. The summed E-state index contributed by atoms with van der Waals surface area (Å²) < 4.78 is 6.27. The van der Waals surface area contributed by atoms with Gasteiger partial charge in [0.2, 0.25) is 5.91 Å². The number of ketones is 1. The second-order valence-corrected chi connectivity index (χ2v) is 10.8. The molecule has 160 valence electrons. The number of carbonyl (C=O) groups is 3. The summed E-state index contributed by atoms with van der Waals surface area (Å²) in [6.45, 7) is 0.345. The highest BCUT2D eigenvalue weighted by Gasteiger charge is 2.57. The standard InChI is InChI=1S/C24H28BrNO4/c25-19-5-3-18(4-6-19)21(27)14-30-22(28)20-2-1-7-26(20)23(29)24-11-15-8-16(12-24)10-17(9-15)13-24/h3-6,15-17,20H,1-2,7-14H2. The van der Waals surface area contributed by atoms with Gasteiger partial charge in [-0.1, -0.05) is 28.1 Å². The number of Topliss-reactive ketones (excluding diaryl/α,β-unsaturated/α-hetero) is 1. The van der Waals surface area contributed by atoms with Gasteiger partial charge in [-0.05, 0) is 81.3 Å². The van der Waals surface area contributed by atoms with Crippen molar-refractivity contribution in [2.75, 3.05) is 13.2 Å². The Kier molecular flexibility index (Phi) is 5.24. The van der Waals surface area contributed by atoms with E-state index in [-0.39, 0.29) is 23.7 Å². The van der Waals surface area contributed by atoms with Crippen LogP contribution in [0.1, 0.15) is 61.7 Å². The molecule has 5 aliphatic rings. The van der Waals surface area contributed by atoms with Gasteiger partial charge in [0, 0.05) is 16.6 Å². The van der Waals surface area contributed by atoms with Gasteiger partial charge in [0.05, 0.1) is 5.41 Å². The van der Waals surface area contributed by atoms with Gasteiger partial charge in [-0.2, -0.15) is 0 Å². The SMILES string of the molecule is O=C(COC(=O)C1CCCN1C(=O)C12CC3CC(CC(C3)C1)C2)c1ccc(Br)cc1. The predicted molar refractivity (Wildman–Crippen MR) is 115 cm³/mol. The number of esters is 1. The molecule has 5 nitrogen and oxygen atoms in total. The molecule has 1 saturated heterocycles. The topological polar surface area (TPSA) is 63.7 Å². The molecule has 1 atom stereocenters. The fourth-order valence-corrected chi connectivity index (χ4v) is 7.15. The molecule has 30 heavy (non-hydrogen) atoms. The van der Waals surface area contributed by atoms with Crippen LogP contribution in [0.4, 0.5) is 0 Å². The average molecular weight is 474 g/mol. The Bertz CT molecular complexity index is 829. The summed E-state index contributed by atoms with van der Waals surface area (Å²) in [6.07, 6.45) is 8.30. The number of rotatable bonds is 5. The largest absolute Gasteiger partial charge is 0.456 e.